The largest absolute Gasteiger partial charge is 2.00 e. The summed E-state index contributed by atoms with van der Waals surface area (Å²) >= 11 is 0. The fourth-order valence-corrected chi connectivity index (χ4v) is 6.53. The van der Waals surface area contributed by atoms with Crippen molar-refractivity contribution in [2.75, 3.05) is 0 Å². The Labute approximate surface area is 309 Å². The first-order chi connectivity index (χ1) is 20.9. The number of carboxylic acids is 3. The molecule has 46 heavy (non-hydrogen) atoms. The summed E-state index contributed by atoms with van der Waals surface area (Å²) in [6, 6.07) is 5.70. The molecule has 0 amide bonds. The second-order valence-corrected chi connectivity index (χ2v) is 11.5. The Balaban J connectivity index is 0.00000461. The van der Waals surface area contributed by atoms with Crippen LogP contribution in [0.2, 0.25) is 0 Å². The summed E-state index contributed by atoms with van der Waals surface area (Å²) in [5.41, 5.74) is 9.27. The molecule has 0 radical (unpaired) electrons. The second-order valence-electron chi connectivity index (χ2n) is 11.5. The van der Waals surface area contributed by atoms with E-state index in [0.717, 1.165) is 45.4 Å². The molecule has 5 N–H and O–H groups in total. The average Bonchev–Trinajstić information content (AvgIpc) is 3.63. The van der Waals surface area contributed by atoms with Crippen molar-refractivity contribution in [1.82, 2.24) is 19.9 Å². The van der Waals surface area contributed by atoms with Gasteiger partial charge in [-0.25, -0.2) is 9.78 Å². The van der Waals surface area contributed by atoms with Crippen LogP contribution in [0.25, 0.3) is 33.2 Å². The number of hydrogen-bond donors (Lipinski definition) is 5. The zero-order valence-electron chi connectivity index (χ0n) is 30.2. The standard InChI is InChI=1S/C34H36N4O6.Mg.Na.3H/c1-7-19-15(3)23-12-25-17(5)21(9-10-29(39)40)32(37-25)22(11-30(41)42)33-31(34(43)44)18(6)26(38-33)14-28-20(8-2)16(4)24(36-28)13-27(19)35-23;;;;;/h7,12-14,17,21,36,38H,1,8-11H2,2-6H3,(H,39,40)(H,41,42)(H,43,44);;;;;/q;+2;+1;3*-1/t17-,21-;;;;;/m0...../s1. The van der Waals surface area contributed by atoms with Crippen molar-refractivity contribution in [2.45, 2.75) is 72.1 Å². The molecule has 0 saturated carbocycles. The van der Waals surface area contributed by atoms with Gasteiger partial charge in [0.1, 0.15) is 0 Å². The van der Waals surface area contributed by atoms with Crippen molar-refractivity contribution in [3.63, 3.8) is 0 Å². The molecule has 5 heterocycles. The topological polar surface area (TPSA) is 169 Å². The van der Waals surface area contributed by atoms with Crippen molar-refractivity contribution >= 4 is 74.2 Å². The van der Waals surface area contributed by atoms with Gasteiger partial charge in [-0.2, -0.15) is 0 Å². The number of nitrogens with one attached hydrogen (secondary N) is 2. The number of aliphatic carboxylic acids is 2. The van der Waals surface area contributed by atoms with Gasteiger partial charge in [0.2, 0.25) is 0 Å². The summed E-state index contributed by atoms with van der Waals surface area (Å²) in [4.78, 5) is 53.2. The maximum absolute atomic E-state index is 12.7. The van der Waals surface area contributed by atoms with Crippen LogP contribution in [0, 0.1) is 13.8 Å². The molecule has 2 aliphatic rings. The van der Waals surface area contributed by atoms with Crippen LogP contribution in [0.5, 0.6) is 0 Å². The predicted molar refractivity (Wildman–Crippen MR) is 178 cm³/mol. The van der Waals surface area contributed by atoms with E-state index in [1.54, 1.807) is 13.0 Å². The predicted octanol–water partition coefficient (Wildman–Crippen LogP) is 3.65. The molecular formula is C34H39MgN4NaO6. The molecule has 0 spiro atoms. The van der Waals surface area contributed by atoms with Gasteiger partial charge < -0.3 is 29.6 Å². The number of aromatic carboxylic acids is 1. The zero-order chi connectivity index (χ0) is 32.0. The van der Waals surface area contributed by atoms with Crippen LogP contribution in [-0.4, -0.2) is 76.2 Å². The van der Waals surface area contributed by atoms with Crippen molar-refractivity contribution in [2.24, 2.45) is 0 Å². The Morgan fingerprint density at radius 1 is 0.935 bits per heavy atom. The fraction of sp³-hybridized carbons (Fsp3) is 0.324. The summed E-state index contributed by atoms with van der Waals surface area (Å²) in [6.07, 6.45) is 2.04. The molecule has 3 aromatic rings. The summed E-state index contributed by atoms with van der Waals surface area (Å²) in [5.74, 6) is -4.08. The number of aromatic amines is 2. The van der Waals surface area contributed by atoms with Gasteiger partial charge in [0, 0.05) is 51.6 Å². The molecule has 2 atom stereocenters. The minimum atomic E-state index is -1.20. The summed E-state index contributed by atoms with van der Waals surface area (Å²) in [7, 11) is 0. The van der Waals surface area contributed by atoms with E-state index in [1.165, 1.54) is 0 Å². The van der Waals surface area contributed by atoms with Gasteiger partial charge in [-0.1, -0.05) is 26.5 Å². The van der Waals surface area contributed by atoms with Crippen molar-refractivity contribution in [1.29, 1.82) is 0 Å². The quantitative estimate of drug-likeness (QED) is 0.231. The van der Waals surface area contributed by atoms with Crippen LogP contribution in [0.4, 0.5) is 0 Å². The van der Waals surface area contributed by atoms with Crippen LogP contribution in [0.3, 0.4) is 0 Å². The maximum Gasteiger partial charge on any atom is 2.00 e. The SMILES string of the molecule is C=CC1=C(C)c2cc3nc(c(CC(=O)O)c4[nH]c(cc5[nH]c(cc1n2)c(C)c5CC)c(C)c4C(=O)O)[C@@H](CCC(=O)O)[C@@H]3C.[H-].[H-].[H-].[Mg+2].[Na+]. The zero-order valence-corrected chi connectivity index (χ0v) is 30.6. The number of rotatable bonds is 8. The van der Waals surface area contributed by atoms with Gasteiger partial charge >= 0.3 is 70.5 Å². The van der Waals surface area contributed by atoms with Crippen LogP contribution in [0.1, 0.15) is 105 Å². The smallest absolute Gasteiger partial charge is 1.00 e. The first kappa shape index (κ1) is 37.2. The molecule has 8 bridgehead atoms. The molecule has 0 fully saturated rings. The third-order valence-corrected chi connectivity index (χ3v) is 8.95. The number of fused-ring (bicyclic) bond motifs is 8. The summed E-state index contributed by atoms with van der Waals surface area (Å²) < 4.78 is 0. The van der Waals surface area contributed by atoms with E-state index in [-0.39, 0.29) is 92.3 Å². The van der Waals surface area contributed by atoms with Gasteiger partial charge in [0.25, 0.3) is 0 Å². The summed E-state index contributed by atoms with van der Waals surface area (Å²) in [5, 5.41) is 29.9. The third-order valence-electron chi connectivity index (χ3n) is 8.95. The van der Waals surface area contributed by atoms with Crippen LogP contribution < -0.4 is 29.6 Å². The molecule has 0 aliphatic carbocycles. The molecule has 5 rings (SSSR count). The van der Waals surface area contributed by atoms with Gasteiger partial charge in [-0.05, 0) is 74.1 Å². The normalized spacial score (nSPS) is 15.6. The van der Waals surface area contributed by atoms with Crippen molar-refractivity contribution < 1.29 is 63.5 Å². The molecule has 3 aromatic heterocycles. The van der Waals surface area contributed by atoms with Crippen LogP contribution in [0.15, 0.2) is 30.9 Å². The van der Waals surface area contributed by atoms with Crippen LogP contribution >= 0.6 is 0 Å². The Kier molecular flexibility index (Phi) is 11.9. The molecule has 0 unspecified atom stereocenters. The minimum absolute atomic E-state index is 0. The molecule has 12 heteroatoms. The number of nitrogens with zero attached hydrogens (tertiary/aromatic N) is 2. The molecule has 0 saturated heterocycles. The number of carbonyl (C=O) groups is 3. The number of aromatic nitrogens is 4. The second kappa shape index (κ2) is 14.7. The Hall–Kier alpha value is -3.22. The number of carboxylic acid groups (broad SMARTS) is 3. The van der Waals surface area contributed by atoms with Gasteiger partial charge in [0.15, 0.2) is 0 Å². The Bertz CT molecular complexity index is 1970. The maximum atomic E-state index is 12.7. The van der Waals surface area contributed by atoms with E-state index in [1.807, 2.05) is 45.9 Å². The van der Waals surface area contributed by atoms with Crippen molar-refractivity contribution in [3.05, 3.63) is 81.4 Å². The molecule has 2 aliphatic heterocycles. The van der Waals surface area contributed by atoms with Crippen molar-refractivity contribution in [3.8, 4) is 0 Å². The third kappa shape index (κ3) is 6.75. The molecule has 0 aromatic carbocycles. The van der Waals surface area contributed by atoms with Crippen LogP contribution in [-0.2, 0) is 22.4 Å². The van der Waals surface area contributed by atoms with E-state index in [0.29, 0.717) is 28.2 Å². The minimum Gasteiger partial charge on any atom is -1.00 e. The molecule has 234 valence electrons. The Morgan fingerprint density at radius 3 is 2.20 bits per heavy atom. The first-order valence-electron chi connectivity index (χ1n) is 14.6. The summed E-state index contributed by atoms with van der Waals surface area (Å²) in [6.45, 7) is 13.7. The van der Waals surface area contributed by atoms with E-state index in [2.05, 4.69) is 16.5 Å². The van der Waals surface area contributed by atoms with E-state index >= 15 is 0 Å². The van der Waals surface area contributed by atoms with Gasteiger partial charge in [-0.3, -0.25) is 14.6 Å². The monoisotopic (exact) mass is 646 g/mol. The van der Waals surface area contributed by atoms with Gasteiger partial charge in [0.05, 0.1) is 34.6 Å². The Morgan fingerprint density at radius 2 is 1.61 bits per heavy atom. The average molecular weight is 647 g/mol. The van der Waals surface area contributed by atoms with E-state index < -0.39 is 30.2 Å². The number of hydrogen-bond acceptors (Lipinski definition) is 5. The first-order valence-corrected chi connectivity index (χ1v) is 14.6. The van der Waals surface area contributed by atoms with E-state index in [4.69, 9.17) is 9.97 Å². The number of aryl methyl sites for hydroxylation is 3. The number of H-pyrrole nitrogens is 2. The number of allylic oxidation sites excluding steroid dienone is 3. The van der Waals surface area contributed by atoms with Gasteiger partial charge in [-0.15, -0.1) is 0 Å². The molecule has 10 nitrogen and oxygen atoms in total. The molecular weight excluding hydrogens is 608 g/mol. The van der Waals surface area contributed by atoms with E-state index in [9.17, 15) is 29.7 Å². The fourth-order valence-electron chi connectivity index (χ4n) is 6.53.